The summed E-state index contributed by atoms with van der Waals surface area (Å²) in [4.78, 5) is 5.53. The van der Waals surface area contributed by atoms with Crippen LogP contribution < -0.4 is 5.32 Å². The van der Waals surface area contributed by atoms with Gasteiger partial charge in [0.15, 0.2) is 10.8 Å². The van der Waals surface area contributed by atoms with E-state index in [9.17, 15) is 0 Å². The Morgan fingerprint density at radius 1 is 1.47 bits per heavy atom. The van der Waals surface area contributed by atoms with Gasteiger partial charge in [-0.15, -0.1) is 0 Å². The average Bonchev–Trinajstić information content (AvgIpc) is 2.26. The van der Waals surface area contributed by atoms with Gasteiger partial charge in [-0.05, 0) is 31.1 Å². The number of aromatic amines is 1. The summed E-state index contributed by atoms with van der Waals surface area (Å²) in [6, 6.07) is 0. The first-order chi connectivity index (χ1) is 7.33. The molecule has 0 unspecified atom stereocenters. The third-order valence-electron chi connectivity index (χ3n) is 2.26. The number of hydrogen-bond acceptors (Lipinski definition) is 5. The first-order valence-electron chi connectivity index (χ1n) is 4.64. The van der Waals surface area contributed by atoms with Gasteiger partial charge < -0.3 is 5.32 Å². The monoisotopic (exact) mass is 236 g/mol. The summed E-state index contributed by atoms with van der Waals surface area (Å²) in [5, 5.41) is 11.0. The maximum atomic E-state index is 4.93. The molecule has 2 heterocycles. The lowest BCUT2D eigenvalue weighted by Gasteiger charge is -2.22. The van der Waals surface area contributed by atoms with E-state index in [-0.39, 0.29) is 0 Å². The standard InChI is InChI=1S/C9H8N4S2/c14-9-11-7-8(12-13-9)15-6-4-2-1-3-5(6)10-7/h1,3H,2,4H2,(H2,10,11,13,14). The van der Waals surface area contributed by atoms with Gasteiger partial charge in [0.05, 0.1) is 0 Å². The molecule has 0 radical (unpaired) electrons. The Labute approximate surface area is 95.9 Å². The highest BCUT2D eigenvalue weighted by Crippen LogP contribution is 2.40. The zero-order valence-corrected chi connectivity index (χ0v) is 9.41. The number of nitrogens with zero attached hydrogens (tertiary/aromatic N) is 2. The Hall–Kier alpha value is -1.14. The minimum absolute atomic E-state index is 0.408. The van der Waals surface area contributed by atoms with E-state index in [1.807, 2.05) is 0 Å². The fourth-order valence-corrected chi connectivity index (χ4v) is 2.69. The fourth-order valence-electron chi connectivity index (χ4n) is 1.58. The largest absolute Gasteiger partial charge is 0.337 e. The Kier molecular flexibility index (Phi) is 2.10. The van der Waals surface area contributed by atoms with Crippen LogP contribution >= 0.6 is 24.0 Å². The second kappa shape index (κ2) is 3.46. The molecule has 1 aliphatic heterocycles. The van der Waals surface area contributed by atoms with Crippen molar-refractivity contribution in [1.29, 1.82) is 0 Å². The summed E-state index contributed by atoms with van der Waals surface area (Å²) in [6.07, 6.45) is 6.42. The van der Waals surface area contributed by atoms with Gasteiger partial charge in [0, 0.05) is 10.6 Å². The van der Waals surface area contributed by atoms with Crippen molar-refractivity contribution in [3.05, 3.63) is 27.5 Å². The van der Waals surface area contributed by atoms with Crippen molar-refractivity contribution in [2.45, 2.75) is 17.9 Å². The van der Waals surface area contributed by atoms with Crippen LogP contribution in [0.25, 0.3) is 0 Å². The van der Waals surface area contributed by atoms with Gasteiger partial charge in [0.1, 0.15) is 0 Å². The Morgan fingerprint density at radius 2 is 2.40 bits per heavy atom. The van der Waals surface area contributed by atoms with Gasteiger partial charge in [-0.25, -0.2) is 0 Å². The smallest absolute Gasteiger partial charge is 0.215 e. The molecule has 4 nitrogen and oxygen atoms in total. The van der Waals surface area contributed by atoms with E-state index in [4.69, 9.17) is 12.2 Å². The lowest BCUT2D eigenvalue weighted by molar-refractivity contribution is 0.859. The summed E-state index contributed by atoms with van der Waals surface area (Å²) in [6.45, 7) is 0. The molecule has 0 atom stereocenters. The van der Waals surface area contributed by atoms with E-state index in [1.54, 1.807) is 11.8 Å². The van der Waals surface area contributed by atoms with Crippen molar-refractivity contribution in [1.82, 2.24) is 15.2 Å². The van der Waals surface area contributed by atoms with Crippen molar-refractivity contribution < 1.29 is 0 Å². The molecule has 15 heavy (non-hydrogen) atoms. The molecule has 0 saturated carbocycles. The summed E-state index contributed by atoms with van der Waals surface area (Å²) in [5.41, 5.74) is 1.13. The van der Waals surface area contributed by atoms with Gasteiger partial charge in [0.25, 0.3) is 0 Å². The van der Waals surface area contributed by atoms with Crippen LogP contribution in [0.4, 0.5) is 5.82 Å². The topological polar surface area (TPSA) is 53.6 Å². The van der Waals surface area contributed by atoms with Crippen LogP contribution in [0.1, 0.15) is 12.8 Å². The van der Waals surface area contributed by atoms with E-state index >= 15 is 0 Å². The number of nitrogens with one attached hydrogen (secondary N) is 2. The van der Waals surface area contributed by atoms with E-state index < -0.39 is 0 Å². The van der Waals surface area contributed by atoms with Gasteiger partial charge >= 0.3 is 0 Å². The van der Waals surface area contributed by atoms with Crippen molar-refractivity contribution in [3.63, 3.8) is 0 Å². The van der Waals surface area contributed by atoms with Crippen molar-refractivity contribution >= 4 is 29.8 Å². The molecule has 3 rings (SSSR count). The predicted molar refractivity (Wildman–Crippen MR) is 62.1 cm³/mol. The molecule has 0 bridgehead atoms. The first-order valence-corrected chi connectivity index (χ1v) is 5.87. The highest BCUT2D eigenvalue weighted by atomic mass is 32.2. The van der Waals surface area contributed by atoms with E-state index in [2.05, 4.69) is 32.7 Å². The molecule has 2 aliphatic rings. The van der Waals surface area contributed by atoms with Crippen LogP contribution in [0.15, 0.2) is 27.8 Å². The lowest BCUT2D eigenvalue weighted by Crippen LogP contribution is -2.11. The third-order valence-corrected chi connectivity index (χ3v) is 3.60. The molecule has 76 valence electrons. The minimum atomic E-state index is 0.408. The number of thioether (sulfide) groups is 1. The first kappa shape index (κ1) is 9.11. The maximum absolute atomic E-state index is 4.93. The Balaban J connectivity index is 2.07. The average molecular weight is 236 g/mol. The van der Waals surface area contributed by atoms with Crippen LogP contribution in [0.2, 0.25) is 0 Å². The normalized spacial score (nSPS) is 18.1. The van der Waals surface area contributed by atoms with E-state index in [0.29, 0.717) is 4.77 Å². The number of hydrogen-bond donors (Lipinski definition) is 2. The second-order valence-corrected chi connectivity index (χ2v) is 4.77. The number of fused-ring (bicyclic) bond motifs is 1. The molecule has 1 aliphatic carbocycles. The summed E-state index contributed by atoms with van der Waals surface area (Å²) >= 11 is 6.60. The quantitative estimate of drug-likeness (QED) is 0.678. The second-order valence-electron chi connectivity index (χ2n) is 3.30. The Bertz CT molecular complexity index is 529. The number of H-pyrrole nitrogens is 1. The van der Waals surface area contributed by atoms with Crippen LogP contribution in [-0.4, -0.2) is 15.2 Å². The summed E-state index contributed by atoms with van der Waals surface area (Å²) < 4.78 is 0.408. The van der Waals surface area contributed by atoms with E-state index in [0.717, 1.165) is 29.4 Å². The van der Waals surface area contributed by atoms with Crippen molar-refractivity contribution in [3.8, 4) is 0 Å². The molecule has 2 N–H and O–H groups in total. The SMILES string of the molecule is S=c1nc2c(n[nH]1)SC1=C(C=CCC1)N2. The molecule has 0 saturated heterocycles. The van der Waals surface area contributed by atoms with Crippen LogP contribution in [-0.2, 0) is 0 Å². The number of aromatic nitrogens is 3. The molecule has 0 amide bonds. The zero-order chi connectivity index (χ0) is 10.3. The van der Waals surface area contributed by atoms with Gasteiger partial charge in [-0.3, -0.25) is 5.10 Å². The van der Waals surface area contributed by atoms with Crippen LogP contribution in [0, 0.1) is 4.77 Å². The number of rotatable bonds is 0. The molecule has 0 fully saturated rings. The lowest BCUT2D eigenvalue weighted by atomic mass is 10.1. The third kappa shape index (κ3) is 1.59. The van der Waals surface area contributed by atoms with E-state index in [1.165, 1.54) is 4.91 Å². The number of allylic oxidation sites excluding steroid dienone is 3. The maximum Gasteiger partial charge on any atom is 0.215 e. The van der Waals surface area contributed by atoms with Gasteiger partial charge in [-0.2, -0.15) is 10.1 Å². The van der Waals surface area contributed by atoms with Gasteiger partial charge in [-0.1, -0.05) is 17.8 Å². The van der Waals surface area contributed by atoms with Crippen molar-refractivity contribution in [2.75, 3.05) is 5.32 Å². The fraction of sp³-hybridized carbons (Fsp3) is 0.222. The summed E-state index contributed by atoms with van der Waals surface area (Å²) in [7, 11) is 0. The van der Waals surface area contributed by atoms with Crippen LogP contribution in [0.5, 0.6) is 0 Å². The molecular weight excluding hydrogens is 228 g/mol. The van der Waals surface area contributed by atoms with Gasteiger partial charge in [0.2, 0.25) is 4.77 Å². The minimum Gasteiger partial charge on any atom is -0.337 e. The van der Waals surface area contributed by atoms with Crippen molar-refractivity contribution in [2.24, 2.45) is 0 Å². The highest BCUT2D eigenvalue weighted by molar-refractivity contribution is 8.03. The molecular formula is C9H8N4S2. The molecule has 6 heteroatoms. The molecule has 0 aromatic carbocycles. The molecule has 1 aromatic rings. The highest BCUT2D eigenvalue weighted by Gasteiger charge is 2.20. The Morgan fingerprint density at radius 3 is 3.33 bits per heavy atom. The molecule has 0 spiro atoms. The van der Waals surface area contributed by atoms with Crippen LogP contribution in [0.3, 0.4) is 0 Å². The molecule has 1 aromatic heterocycles. The number of anilines is 1. The summed E-state index contributed by atoms with van der Waals surface area (Å²) in [5.74, 6) is 0.758. The predicted octanol–water partition coefficient (Wildman–Crippen LogP) is 2.61. The zero-order valence-electron chi connectivity index (χ0n) is 7.78.